The van der Waals surface area contributed by atoms with Gasteiger partial charge in [-0.1, -0.05) is 12.1 Å². The minimum atomic E-state index is -0.150. The number of hydrogen-bond donors (Lipinski definition) is 2. The first-order valence-corrected chi connectivity index (χ1v) is 8.80. The molecule has 23 heavy (non-hydrogen) atoms. The monoisotopic (exact) mass is 329 g/mol. The predicted molar refractivity (Wildman–Crippen MR) is 92.5 cm³/mol. The Morgan fingerprint density at radius 1 is 1.43 bits per heavy atom. The maximum atomic E-state index is 12.4. The molecule has 0 saturated heterocycles. The van der Waals surface area contributed by atoms with Gasteiger partial charge in [0, 0.05) is 13.2 Å². The molecule has 1 unspecified atom stereocenters. The van der Waals surface area contributed by atoms with Crippen LogP contribution < -0.4 is 5.32 Å². The van der Waals surface area contributed by atoms with Gasteiger partial charge >= 0.3 is 0 Å². The first-order chi connectivity index (χ1) is 11.2. The average Bonchev–Trinajstić information content (AvgIpc) is 3.17. The lowest BCUT2D eigenvalue weighted by Gasteiger charge is -2.15. The summed E-state index contributed by atoms with van der Waals surface area (Å²) < 4.78 is 1.62. The van der Waals surface area contributed by atoms with Crippen LogP contribution in [0.15, 0.2) is 36.7 Å². The zero-order valence-corrected chi connectivity index (χ0v) is 13.9. The van der Waals surface area contributed by atoms with E-state index < -0.39 is 0 Å². The molecule has 2 N–H and O–H groups in total. The van der Waals surface area contributed by atoms with Crippen LogP contribution in [0, 0.1) is 0 Å². The third-order valence-corrected chi connectivity index (χ3v) is 4.26. The highest BCUT2D eigenvalue weighted by Crippen LogP contribution is 2.20. The van der Waals surface area contributed by atoms with E-state index in [0.717, 1.165) is 29.0 Å². The van der Waals surface area contributed by atoms with Gasteiger partial charge in [0.25, 0.3) is 5.91 Å². The van der Waals surface area contributed by atoms with Crippen LogP contribution in [0.2, 0.25) is 0 Å². The molecule has 120 valence electrons. The number of imidazole rings is 1. The summed E-state index contributed by atoms with van der Waals surface area (Å²) >= 11 is 1.75. The standard InChI is InChI=1S/C16H19N5OS/c1-21-10-11(9-17-21)16(22)20-14(7-8-23-2)15-18-12-5-3-4-6-13(12)19-15/h3-6,9-10,14H,7-8H2,1-2H3,(H,18,19)(H,20,22). The van der Waals surface area contributed by atoms with Crippen LogP contribution in [0.3, 0.4) is 0 Å². The number of aromatic amines is 1. The summed E-state index contributed by atoms with van der Waals surface area (Å²) in [4.78, 5) is 20.3. The molecule has 0 aliphatic heterocycles. The number of fused-ring (bicyclic) bond motifs is 1. The highest BCUT2D eigenvalue weighted by molar-refractivity contribution is 7.98. The van der Waals surface area contributed by atoms with Crippen LogP contribution >= 0.6 is 11.8 Å². The molecule has 1 aromatic carbocycles. The molecule has 7 heteroatoms. The number of benzene rings is 1. The number of nitrogens with zero attached hydrogens (tertiary/aromatic N) is 3. The number of aromatic nitrogens is 4. The van der Waals surface area contributed by atoms with Crippen molar-refractivity contribution in [3.8, 4) is 0 Å². The number of para-hydroxylation sites is 2. The fourth-order valence-corrected chi connectivity index (χ4v) is 2.90. The predicted octanol–water partition coefficient (Wildman–Crippen LogP) is 2.52. The van der Waals surface area contributed by atoms with E-state index in [2.05, 4.69) is 26.6 Å². The first-order valence-electron chi connectivity index (χ1n) is 7.40. The Labute approximate surface area is 138 Å². The van der Waals surface area contributed by atoms with Crippen LogP contribution in [0.1, 0.15) is 28.6 Å². The maximum absolute atomic E-state index is 12.4. The lowest BCUT2D eigenvalue weighted by molar-refractivity contribution is 0.0934. The fraction of sp³-hybridized carbons (Fsp3) is 0.312. The van der Waals surface area contributed by atoms with Gasteiger partial charge in [0.1, 0.15) is 5.82 Å². The SMILES string of the molecule is CSCCC(NC(=O)c1cnn(C)c1)c1nc2ccccc2[nH]1. The Balaban J connectivity index is 1.83. The molecule has 0 bridgehead atoms. The van der Waals surface area contributed by atoms with Crippen molar-refractivity contribution < 1.29 is 4.79 Å². The summed E-state index contributed by atoms with van der Waals surface area (Å²) in [5.74, 6) is 1.59. The summed E-state index contributed by atoms with van der Waals surface area (Å²) in [7, 11) is 1.79. The van der Waals surface area contributed by atoms with Crippen molar-refractivity contribution in [2.45, 2.75) is 12.5 Å². The third-order valence-electron chi connectivity index (χ3n) is 3.62. The summed E-state index contributed by atoms with van der Waals surface area (Å²) in [5.41, 5.74) is 2.44. The Bertz CT molecular complexity index is 777. The Hall–Kier alpha value is -2.28. The first kappa shape index (κ1) is 15.6. The summed E-state index contributed by atoms with van der Waals surface area (Å²) in [6.45, 7) is 0. The molecule has 6 nitrogen and oxygen atoms in total. The minimum Gasteiger partial charge on any atom is -0.342 e. The minimum absolute atomic E-state index is 0.135. The average molecular weight is 329 g/mol. The van der Waals surface area contributed by atoms with E-state index >= 15 is 0 Å². The van der Waals surface area contributed by atoms with Gasteiger partial charge in [0.2, 0.25) is 0 Å². The lowest BCUT2D eigenvalue weighted by Crippen LogP contribution is -2.29. The van der Waals surface area contributed by atoms with Gasteiger partial charge in [-0.3, -0.25) is 9.48 Å². The number of aryl methyl sites for hydroxylation is 1. The molecule has 0 fully saturated rings. The molecule has 1 amide bonds. The molecule has 2 aromatic heterocycles. The van der Waals surface area contributed by atoms with E-state index in [-0.39, 0.29) is 11.9 Å². The molecule has 1 atom stereocenters. The van der Waals surface area contributed by atoms with Crippen LogP contribution in [-0.4, -0.2) is 37.7 Å². The molecular formula is C16H19N5OS. The van der Waals surface area contributed by atoms with E-state index in [4.69, 9.17) is 0 Å². The summed E-state index contributed by atoms with van der Waals surface area (Å²) in [6.07, 6.45) is 6.14. The summed E-state index contributed by atoms with van der Waals surface area (Å²) in [6, 6.07) is 7.72. The highest BCUT2D eigenvalue weighted by atomic mass is 32.2. The van der Waals surface area contributed by atoms with Crippen molar-refractivity contribution in [1.82, 2.24) is 25.1 Å². The number of carbonyl (C=O) groups excluding carboxylic acids is 1. The molecule has 0 aliphatic carbocycles. The Morgan fingerprint density at radius 2 is 2.26 bits per heavy atom. The smallest absolute Gasteiger partial charge is 0.255 e. The van der Waals surface area contributed by atoms with E-state index in [1.807, 2.05) is 24.3 Å². The second-order valence-electron chi connectivity index (χ2n) is 5.35. The maximum Gasteiger partial charge on any atom is 0.255 e. The molecule has 0 saturated carbocycles. The number of amides is 1. The fourth-order valence-electron chi connectivity index (χ4n) is 2.43. The second kappa shape index (κ2) is 6.87. The van der Waals surface area contributed by atoms with Gasteiger partial charge in [0.05, 0.1) is 28.8 Å². The molecule has 3 aromatic rings. The Kier molecular flexibility index (Phi) is 4.66. The zero-order valence-electron chi connectivity index (χ0n) is 13.1. The van der Waals surface area contributed by atoms with Gasteiger partial charge in [0.15, 0.2) is 0 Å². The molecule has 3 rings (SSSR count). The molecule has 0 radical (unpaired) electrons. The van der Waals surface area contributed by atoms with Crippen LogP contribution in [0.5, 0.6) is 0 Å². The number of nitrogens with one attached hydrogen (secondary N) is 2. The Morgan fingerprint density at radius 3 is 2.96 bits per heavy atom. The van der Waals surface area contributed by atoms with Gasteiger partial charge in [-0.05, 0) is 30.6 Å². The highest BCUT2D eigenvalue weighted by Gasteiger charge is 2.19. The van der Waals surface area contributed by atoms with Crippen LogP contribution in [0.25, 0.3) is 11.0 Å². The van der Waals surface area contributed by atoms with Gasteiger partial charge in [-0.25, -0.2) is 4.98 Å². The number of H-pyrrole nitrogens is 1. The zero-order chi connectivity index (χ0) is 16.2. The van der Waals surface area contributed by atoms with Crippen molar-refractivity contribution in [3.63, 3.8) is 0 Å². The van der Waals surface area contributed by atoms with Crippen molar-refractivity contribution >= 4 is 28.7 Å². The van der Waals surface area contributed by atoms with Crippen molar-refractivity contribution in [1.29, 1.82) is 0 Å². The number of hydrogen-bond acceptors (Lipinski definition) is 4. The van der Waals surface area contributed by atoms with E-state index in [9.17, 15) is 4.79 Å². The second-order valence-corrected chi connectivity index (χ2v) is 6.33. The van der Waals surface area contributed by atoms with E-state index in [1.54, 1.807) is 35.9 Å². The van der Waals surface area contributed by atoms with Crippen molar-refractivity contribution in [2.24, 2.45) is 7.05 Å². The van der Waals surface area contributed by atoms with Crippen molar-refractivity contribution in [2.75, 3.05) is 12.0 Å². The molecule has 0 spiro atoms. The topological polar surface area (TPSA) is 75.6 Å². The van der Waals surface area contributed by atoms with Gasteiger partial charge < -0.3 is 10.3 Å². The normalized spacial score (nSPS) is 12.4. The number of carbonyl (C=O) groups is 1. The van der Waals surface area contributed by atoms with Gasteiger partial charge in [-0.2, -0.15) is 16.9 Å². The van der Waals surface area contributed by atoms with Crippen LogP contribution in [0.4, 0.5) is 0 Å². The largest absolute Gasteiger partial charge is 0.342 e. The van der Waals surface area contributed by atoms with Gasteiger partial charge in [-0.15, -0.1) is 0 Å². The molecular weight excluding hydrogens is 310 g/mol. The molecule has 0 aliphatic rings. The number of rotatable bonds is 6. The van der Waals surface area contributed by atoms with Crippen LogP contribution in [-0.2, 0) is 7.05 Å². The van der Waals surface area contributed by atoms with E-state index in [0.29, 0.717) is 5.56 Å². The number of thioether (sulfide) groups is 1. The quantitative estimate of drug-likeness (QED) is 0.728. The lowest BCUT2D eigenvalue weighted by atomic mass is 10.2. The summed E-state index contributed by atoms with van der Waals surface area (Å²) in [5, 5.41) is 7.10. The van der Waals surface area contributed by atoms with E-state index in [1.165, 1.54) is 0 Å². The molecule has 2 heterocycles. The van der Waals surface area contributed by atoms with Crippen molar-refractivity contribution in [3.05, 3.63) is 48.0 Å². The third kappa shape index (κ3) is 3.56.